The van der Waals surface area contributed by atoms with Crippen LogP contribution in [0.1, 0.15) is 18.4 Å². The molecule has 0 aliphatic carbocycles. The molecule has 2 rings (SSSR count). The number of likely N-dealkylation sites (tertiary alicyclic amines) is 1. The molecule has 0 spiro atoms. The third-order valence-electron chi connectivity index (χ3n) is 3.32. The minimum absolute atomic E-state index is 0.221. The van der Waals surface area contributed by atoms with Crippen LogP contribution >= 0.6 is 0 Å². The second-order valence-electron chi connectivity index (χ2n) is 4.80. The number of nitrogens with zero attached hydrogens (tertiary/aromatic N) is 1. The fraction of sp³-hybridized carbons (Fsp3) is 0.538. The van der Waals surface area contributed by atoms with Gasteiger partial charge in [0.05, 0.1) is 6.54 Å². The highest BCUT2D eigenvalue weighted by Gasteiger charge is 2.37. The highest BCUT2D eigenvalue weighted by molar-refractivity contribution is 5.22. The first-order chi connectivity index (χ1) is 7.96. The Bertz CT molecular complexity index is 361. The Kier molecular flexibility index (Phi) is 3.43. The molecule has 0 radical (unpaired) electrons. The van der Waals surface area contributed by atoms with E-state index in [1.807, 2.05) is 37.3 Å². The van der Waals surface area contributed by atoms with Gasteiger partial charge in [-0.1, -0.05) is 37.3 Å². The largest absolute Gasteiger partial charge is 0.401 e. The van der Waals surface area contributed by atoms with Crippen LogP contribution in [-0.4, -0.2) is 30.7 Å². The monoisotopic (exact) mass is 243 g/mol. The van der Waals surface area contributed by atoms with Crippen molar-refractivity contribution in [3.05, 3.63) is 35.9 Å². The number of hydrogen-bond donors (Lipinski definition) is 0. The lowest BCUT2D eigenvalue weighted by Gasteiger charge is -2.17. The van der Waals surface area contributed by atoms with Gasteiger partial charge in [-0.15, -0.1) is 0 Å². The van der Waals surface area contributed by atoms with E-state index in [1.165, 1.54) is 4.90 Å². The molecule has 1 aromatic rings. The summed E-state index contributed by atoms with van der Waals surface area (Å²) in [7, 11) is 0. The molecule has 94 valence electrons. The first kappa shape index (κ1) is 12.4. The smallest absolute Gasteiger partial charge is 0.294 e. The molecule has 17 heavy (non-hydrogen) atoms. The maximum atomic E-state index is 12.3. The van der Waals surface area contributed by atoms with Crippen LogP contribution in [0.5, 0.6) is 0 Å². The zero-order valence-electron chi connectivity index (χ0n) is 9.74. The summed E-state index contributed by atoms with van der Waals surface area (Å²) in [4.78, 5) is 1.50. The normalized spacial score (nSPS) is 26.4. The minimum atomic E-state index is -4.09. The number of alkyl halides is 3. The van der Waals surface area contributed by atoms with Crippen LogP contribution in [0.2, 0.25) is 0 Å². The summed E-state index contributed by atoms with van der Waals surface area (Å²) >= 11 is 0. The molecule has 1 saturated heterocycles. The van der Waals surface area contributed by atoms with Gasteiger partial charge in [-0.05, 0) is 11.5 Å². The fourth-order valence-electron chi connectivity index (χ4n) is 2.58. The summed E-state index contributed by atoms with van der Waals surface area (Å²) in [5, 5.41) is 0. The number of rotatable bonds is 2. The van der Waals surface area contributed by atoms with Gasteiger partial charge in [-0.3, -0.25) is 4.90 Å². The molecule has 1 aliphatic rings. The second kappa shape index (κ2) is 4.69. The predicted octanol–water partition coefficient (Wildman–Crippen LogP) is 3.28. The summed E-state index contributed by atoms with van der Waals surface area (Å²) < 4.78 is 37.0. The van der Waals surface area contributed by atoms with Gasteiger partial charge in [0, 0.05) is 19.0 Å². The van der Waals surface area contributed by atoms with E-state index in [0.29, 0.717) is 13.1 Å². The molecule has 0 bridgehead atoms. The van der Waals surface area contributed by atoms with Crippen LogP contribution in [-0.2, 0) is 0 Å². The van der Waals surface area contributed by atoms with Crippen LogP contribution in [0.3, 0.4) is 0 Å². The Hall–Kier alpha value is -1.03. The van der Waals surface area contributed by atoms with Crippen molar-refractivity contribution < 1.29 is 13.2 Å². The summed E-state index contributed by atoms with van der Waals surface area (Å²) in [6.45, 7) is 2.26. The van der Waals surface area contributed by atoms with Gasteiger partial charge in [0.25, 0.3) is 0 Å². The van der Waals surface area contributed by atoms with Gasteiger partial charge in [0.15, 0.2) is 0 Å². The van der Waals surface area contributed by atoms with Crippen LogP contribution in [0.4, 0.5) is 13.2 Å². The summed E-state index contributed by atoms with van der Waals surface area (Å²) in [5.41, 5.74) is 1.14. The van der Waals surface area contributed by atoms with Crippen molar-refractivity contribution in [2.24, 2.45) is 5.92 Å². The fourth-order valence-corrected chi connectivity index (χ4v) is 2.58. The van der Waals surface area contributed by atoms with E-state index in [-0.39, 0.29) is 11.8 Å². The van der Waals surface area contributed by atoms with Gasteiger partial charge in [-0.25, -0.2) is 0 Å². The quantitative estimate of drug-likeness (QED) is 0.770. The minimum Gasteiger partial charge on any atom is -0.294 e. The predicted molar refractivity (Wildman–Crippen MR) is 60.8 cm³/mol. The molecule has 0 amide bonds. The molecule has 1 aliphatic heterocycles. The van der Waals surface area contributed by atoms with Crippen LogP contribution in [0.15, 0.2) is 30.3 Å². The maximum absolute atomic E-state index is 12.3. The Morgan fingerprint density at radius 3 is 2.41 bits per heavy atom. The van der Waals surface area contributed by atoms with E-state index in [4.69, 9.17) is 0 Å². The maximum Gasteiger partial charge on any atom is 0.401 e. The lowest BCUT2D eigenvalue weighted by molar-refractivity contribution is -0.143. The van der Waals surface area contributed by atoms with Gasteiger partial charge >= 0.3 is 6.18 Å². The summed E-state index contributed by atoms with van der Waals surface area (Å²) in [6, 6.07) is 9.80. The molecule has 1 nitrogen and oxygen atoms in total. The topological polar surface area (TPSA) is 3.24 Å². The van der Waals surface area contributed by atoms with Crippen molar-refractivity contribution in [1.82, 2.24) is 4.90 Å². The molecule has 1 heterocycles. The van der Waals surface area contributed by atoms with Crippen molar-refractivity contribution in [2.75, 3.05) is 19.6 Å². The molecule has 4 heteroatoms. The van der Waals surface area contributed by atoms with Crippen LogP contribution in [0.25, 0.3) is 0 Å². The van der Waals surface area contributed by atoms with Gasteiger partial charge in [-0.2, -0.15) is 13.2 Å². The SMILES string of the molecule is CC1CN(CC(F)(F)F)C[C@H]1c1ccccc1. The van der Waals surface area contributed by atoms with Gasteiger partial charge < -0.3 is 0 Å². The lowest BCUT2D eigenvalue weighted by atomic mass is 9.90. The molecule has 1 unspecified atom stereocenters. The molecular weight excluding hydrogens is 227 g/mol. The van der Waals surface area contributed by atoms with E-state index >= 15 is 0 Å². The van der Waals surface area contributed by atoms with E-state index in [0.717, 1.165) is 5.56 Å². The molecule has 1 aromatic carbocycles. The second-order valence-corrected chi connectivity index (χ2v) is 4.80. The lowest BCUT2D eigenvalue weighted by Crippen LogP contribution is -2.32. The first-order valence-corrected chi connectivity index (χ1v) is 5.80. The van der Waals surface area contributed by atoms with E-state index < -0.39 is 12.7 Å². The van der Waals surface area contributed by atoms with Crippen molar-refractivity contribution >= 4 is 0 Å². The summed E-state index contributed by atoms with van der Waals surface area (Å²) in [5.74, 6) is 0.498. The molecule has 0 aromatic heterocycles. The van der Waals surface area contributed by atoms with E-state index in [1.54, 1.807) is 0 Å². The zero-order chi connectivity index (χ0) is 12.5. The zero-order valence-corrected chi connectivity index (χ0v) is 9.74. The van der Waals surface area contributed by atoms with Gasteiger partial charge in [0.2, 0.25) is 0 Å². The standard InChI is InChI=1S/C13H16F3N/c1-10-7-17(9-13(14,15)16)8-12(10)11-5-3-2-4-6-11/h2-6,10,12H,7-9H2,1H3/t10?,12-/m1/s1. The third kappa shape index (κ3) is 3.22. The average Bonchev–Trinajstić information content (AvgIpc) is 2.58. The van der Waals surface area contributed by atoms with E-state index in [2.05, 4.69) is 0 Å². The van der Waals surface area contributed by atoms with Crippen molar-refractivity contribution in [3.8, 4) is 0 Å². The first-order valence-electron chi connectivity index (χ1n) is 5.80. The van der Waals surface area contributed by atoms with Crippen LogP contribution in [0, 0.1) is 5.92 Å². The number of hydrogen-bond acceptors (Lipinski definition) is 1. The molecule has 2 atom stereocenters. The Morgan fingerprint density at radius 2 is 1.82 bits per heavy atom. The van der Waals surface area contributed by atoms with Gasteiger partial charge in [0.1, 0.15) is 0 Å². The van der Waals surface area contributed by atoms with E-state index in [9.17, 15) is 13.2 Å². The molecule has 0 N–H and O–H groups in total. The Labute approximate surface area is 99.2 Å². The molecular formula is C13H16F3N. The van der Waals surface area contributed by atoms with Crippen LogP contribution < -0.4 is 0 Å². The average molecular weight is 243 g/mol. The van der Waals surface area contributed by atoms with Crippen molar-refractivity contribution in [2.45, 2.75) is 19.0 Å². The summed E-state index contributed by atoms with van der Waals surface area (Å²) in [6.07, 6.45) is -4.09. The molecule has 0 saturated carbocycles. The van der Waals surface area contributed by atoms with Crippen molar-refractivity contribution in [3.63, 3.8) is 0 Å². The third-order valence-corrected chi connectivity index (χ3v) is 3.32. The Balaban J connectivity index is 2.03. The highest BCUT2D eigenvalue weighted by Crippen LogP contribution is 2.33. The highest BCUT2D eigenvalue weighted by atomic mass is 19.4. The Morgan fingerprint density at radius 1 is 1.18 bits per heavy atom. The molecule has 1 fully saturated rings. The van der Waals surface area contributed by atoms with Crippen molar-refractivity contribution in [1.29, 1.82) is 0 Å². The number of halogens is 3. The number of benzene rings is 1.